The zero-order valence-corrected chi connectivity index (χ0v) is 12.3. The van der Waals surface area contributed by atoms with Crippen LogP contribution >= 0.6 is 0 Å². The first kappa shape index (κ1) is 14.3. The van der Waals surface area contributed by atoms with Gasteiger partial charge in [-0.3, -0.25) is 0 Å². The molecule has 0 aliphatic heterocycles. The van der Waals surface area contributed by atoms with E-state index in [2.05, 4.69) is 26.9 Å². The van der Waals surface area contributed by atoms with Crippen LogP contribution in [0, 0.1) is 5.95 Å². The number of nitrogens with zero attached hydrogens (tertiary/aromatic N) is 5. The summed E-state index contributed by atoms with van der Waals surface area (Å²) in [5, 5.41) is 0. The molecular formula is C16H16FN5. The number of rotatable bonds is 5. The Morgan fingerprint density at radius 3 is 2.95 bits per heavy atom. The van der Waals surface area contributed by atoms with Crippen molar-refractivity contribution in [3.05, 3.63) is 60.3 Å². The van der Waals surface area contributed by atoms with Crippen molar-refractivity contribution < 1.29 is 4.39 Å². The first-order valence-corrected chi connectivity index (χ1v) is 7.19. The summed E-state index contributed by atoms with van der Waals surface area (Å²) >= 11 is 0. The van der Waals surface area contributed by atoms with Crippen LogP contribution in [-0.4, -0.2) is 24.5 Å². The Bertz CT molecular complexity index is 768. The monoisotopic (exact) mass is 297 g/mol. The molecular weight excluding hydrogens is 281 g/mol. The van der Waals surface area contributed by atoms with Crippen molar-refractivity contribution in [1.29, 1.82) is 0 Å². The van der Waals surface area contributed by atoms with Crippen LogP contribution in [-0.2, 0) is 13.0 Å². The van der Waals surface area contributed by atoms with Crippen molar-refractivity contribution in [2.45, 2.75) is 26.3 Å². The van der Waals surface area contributed by atoms with Crippen LogP contribution in [0.1, 0.15) is 24.6 Å². The third-order valence-electron chi connectivity index (χ3n) is 3.38. The minimum absolute atomic E-state index is 0.510. The zero-order chi connectivity index (χ0) is 15.4. The Hall–Kier alpha value is -2.63. The van der Waals surface area contributed by atoms with Crippen LogP contribution in [0.3, 0.4) is 0 Å². The second kappa shape index (κ2) is 6.43. The number of hydrogen-bond donors (Lipinski definition) is 0. The summed E-state index contributed by atoms with van der Waals surface area (Å²) < 4.78 is 15.2. The van der Waals surface area contributed by atoms with Crippen molar-refractivity contribution in [3.8, 4) is 11.5 Å². The molecule has 0 atom stereocenters. The summed E-state index contributed by atoms with van der Waals surface area (Å²) in [6.45, 7) is 2.68. The third-order valence-corrected chi connectivity index (χ3v) is 3.38. The van der Waals surface area contributed by atoms with Gasteiger partial charge in [-0.2, -0.15) is 4.39 Å². The van der Waals surface area contributed by atoms with Gasteiger partial charge in [0.05, 0.1) is 12.2 Å². The number of aromatic nitrogens is 5. The average molecular weight is 297 g/mol. The van der Waals surface area contributed by atoms with Gasteiger partial charge in [-0.25, -0.2) is 19.9 Å². The lowest BCUT2D eigenvalue weighted by Gasteiger charge is -2.10. The normalized spacial score (nSPS) is 10.8. The molecule has 0 spiro atoms. The molecule has 0 radical (unpaired) electrons. The minimum atomic E-state index is -0.513. The highest BCUT2D eigenvalue weighted by Gasteiger charge is 2.11. The summed E-state index contributed by atoms with van der Waals surface area (Å²) in [6.07, 6.45) is 8.89. The molecule has 0 aromatic carbocycles. The number of halogens is 1. The summed E-state index contributed by atoms with van der Waals surface area (Å²) in [7, 11) is 0. The lowest BCUT2D eigenvalue weighted by Crippen LogP contribution is -2.07. The number of aryl methyl sites for hydroxylation is 1. The summed E-state index contributed by atoms with van der Waals surface area (Å²) in [4.78, 5) is 16.6. The van der Waals surface area contributed by atoms with Crippen molar-refractivity contribution in [2.24, 2.45) is 0 Å². The van der Waals surface area contributed by atoms with Crippen LogP contribution < -0.4 is 0 Å². The summed E-state index contributed by atoms with van der Waals surface area (Å²) in [5.74, 6) is 0.112. The van der Waals surface area contributed by atoms with Crippen molar-refractivity contribution in [2.75, 3.05) is 0 Å². The predicted octanol–water partition coefficient (Wildman–Crippen LogP) is 2.88. The van der Waals surface area contributed by atoms with Crippen LogP contribution in [0.2, 0.25) is 0 Å². The van der Waals surface area contributed by atoms with E-state index in [1.165, 1.54) is 6.07 Å². The molecule has 3 aromatic rings. The van der Waals surface area contributed by atoms with E-state index in [4.69, 9.17) is 0 Å². The van der Waals surface area contributed by atoms with Crippen LogP contribution in [0.4, 0.5) is 4.39 Å². The van der Waals surface area contributed by atoms with E-state index in [0.717, 1.165) is 24.1 Å². The Kier molecular flexibility index (Phi) is 4.18. The molecule has 0 aliphatic rings. The molecule has 0 N–H and O–H groups in total. The van der Waals surface area contributed by atoms with Gasteiger partial charge >= 0.3 is 0 Å². The first-order valence-electron chi connectivity index (χ1n) is 7.19. The Morgan fingerprint density at radius 1 is 1.23 bits per heavy atom. The fourth-order valence-corrected chi connectivity index (χ4v) is 2.37. The van der Waals surface area contributed by atoms with Gasteiger partial charge < -0.3 is 4.57 Å². The lowest BCUT2D eigenvalue weighted by atomic mass is 10.1. The molecule has 3 rings (SSSR count). The second-order valence-corrected chi connectivity index (χ2v) is 4.97. The SMILES string of the molecule is CCCc1cncnc1Cn1ccnc1-c1cccc(F)n1. The van der Waals surface area contributed by atoms with Gasteiger partial charge in [0.25, 0.3) is 0 Å². The fourth-order valence-electron chi connectivity index (χ4n) is 2.37. The summed E-state index contributed by atoms with van der Waals surface area (Å²) in [5.41, 5.74) is 2.58. The highest BCUT2D eigenvalue weighted by molar-refractivity contribution is 5.49. The molecule has 3 heterocycles. The maximum atomic E-state index is 13.3. The smallest absolute Gasteiger partial charge is 0.213 e. The van der Waals surface area contributed by atoms with Gasteiger partial charge in [0, 0.05) is 18.6 Å². The first-order chi connectivity index (χ1) is 10.8. The number of hydrogen-bond acceptors (Lipinski definition) is 4. The van der Waals surface area contributed by atoms with Crippen molar-refractivity contribution in [3.63, 3.8) is 0 Å². The van der Waals surface area contributed by atoms with Gasteiger partial charge in [0.1, 0.15) is 12.0 Å². The molecule has 3 aromatic heterocycles. The van der Waals surface area contributed by atoms with Gasteiger partial charge in [-0.1, -0.05) is 19.4 Å². The quantitative estimate of drug-likeness (QED) is 0.679. The highest BCUT2D eigenvalue weighted by atomic mass is 19.1. The molecule has 22 heavy (non-hydrogen) atoms. The molecule has 0 aliphatic carbocycles. The lowest BCUT2D eigenvalue weighted by molar-refractivity contribution is 0.584. The van der Waals surface area contributed by atoms with E-state index in [1.54, 1.807) is 24.7 Å². The van der Waals surface area contributed by atoms with Crippen LogP contribution in [0.5, 0.6) is 0 Å². The van der Waals surface area contributed by atoms with E-state index in [-0.39, 0.29) is 0 Å². The zero-order valence-electron chi connectivity index (χ0n) is 12.3. The molecule has 6 heteroatoms. The number of imidazole rings is 1. The Morgan fingerprint density at radius 2 is 2.14 bits per heavy atom. The van der Waals surface area contributed by atoms with Crippen LogP contribution in [0.15, 0.2) is 43.1 Å². The van der Waals surface area contributed by atoms with E-state index < -0.39 is 5.95 Å². The molecule has 0 unspecified atom stereocenters. The highest BCUT2D eigenvalue weighted by Crippen LogP contribution is 2.17. The molecule has 112 valence electrons. The van der Waals surface area contributed by atoms with Gasteiger partial charge in [0.2, 0.25) is 5.95 Å². The fraction of sp³-hybridized carbons (Fsp3) is 0.250. The third kappa shape index (κ3) is 3.00. The molecule has 0 amide bonds. The van der Waals surface area contributed by atoms with E-state index in [9.17, 15) is 4.39 Å². The maximum Gasteiger partial charge on any atom is 0.213 e. The molecule has 0 saturated carbocycles. The largest absolute Gasteiger partial charge is 0.324 e. The van der Waals surface area contributed by atoms with Gasteiger partial charge in [-0.15, -0.1) is 0 Å². The van der Waals surface area contributed by atoms with Crippen molar-refractivity contribution >= 4 is 0 Å². The topological polar surface area (TPSA) is 56.5 Å². The molecule has 0 fully saturated rings. The average Bonchev–Trinajstić information content (AvgIpc) is 2.98. The van der Waals surface area contributed by atoms with E-state index in [0.29, 0.717) is 18.1 Å². The predicted molar refractivity (Wildman–Crippen MR) is 80.5 cm³/mol. The Labute approximate surface area is 127 Å². The molecule has 0 bridgehead atoms. The second-order valence-electron chi connectivity index (χ2n) is 4.97. The maximum absolute atomic E-state index is 13.3. The minimum Gasteiger partial charge on any atom is -0.324 e. The van der Waals surface area contributed by atoms with E-state index in [1.807, 2.05) is 17.0 Å². The standard InChI is InChI=1S/C16H16FN5/c1-2-4-12-9-18-11-20-14(12)10-22-8-7-19-16(22)13-5-3-6-15(17)21-13/h3,5-9,11H,2,4,10H2,1H3. The van der Waals surface area contributed by atoms with Gasteiger partial charge in [0.15, 0.2) is 5.82 Å². The van der Waals surface area contributed by atoms with Gasteiger partial charge in [-0.05, 0) is 24.1 Å². The van der Waals surface area contributed by atoms with E-state index >= 15 is 0 Å². The van der Waals surface area contributed by atoms with Crippen LogP contribution in [0.25, 0.3) is 11.5 Å². The Balaban J connectivity index is 1.93. The number of pyridine rings is 1. The molecule has 0 saturated heterocycles. The van der Waals surface area contributed by atoms with Crippen molar-refractivity contribution in [1.82, 2.24) is 24.5 Å². The summed E-state index contributed by atoms with van der Waals surface area (Å²) in [6, 6.07) is 4.69. The molecule has 5 nitrogen and oxygen atoms in total.